The van der Waals surface area contributed by atoms with Gasteiger partial charge in [0.05, 0.1) is 11.7 Å². The Morgan fingerprint density at radius 1 is 1.05 bits per heavy atom. The summed E-state index contributed by atoms with van der Waals surface area (Å²) >= 11 is 0. The van der Waals surface area contributed by atoms with Gasteiger partial charge in [0, 0.05) is 13.1 Å². The first kappa shape index (κ1) is 13.7. The molecule has 0 aromatic heterocycles. The van der Waals surface area contributed by atoms with Crippen molar-refractivity contribution in [3.63, 3.8) is 0 Å². The van der Waals surface area contributed by atoms with E-state index in [-0.39, 0.29) is 24.5 Å². The lowest BCUT2D eigenvalue weighted by atomic mass is 10.0. The van der Waals surface area contributed by atoms with Gasteiger partial charge >= 0.3 is 0 Å². The van der Waals surface area contributed by atoms with Crippen LogP contribution in [0.4, 0.5) is 8.78 Å². The van der Waals surface area contributed by atoms with Gasteiger partial charge in [0.1, 0.15) is 11.6 Å². The lowest BCUT2D eigenvalue weighted by Crippen LogP contribution is -2.53. The zero-order valence-corrected chi connectivity index (χ0v) is 11.1. The van der Waals surface area contributed by atoms with Gasteiger partial charge in [-0.05, 0) is 35.4 Å². The summed E-state index contributed by atoms with van der Waals surface area (Å²) in [5, 5.41) is 9.18. The standard InChI is InChI=1S/C16H13F2NO2/c17-12-4-1-10(2-5-12)11-3-6-14(15(18)7-11)16(21)19-8-13(20)9-19/h1-7,13,20H,8-9H2. The van der Waals surface area contributed by atoms with Crippen LogP contribution in [0.2, 0.25) is 0 Å². The number of nitrogens with zero attached hydrogens (tertiary/aromatic N) is 1. The molecule has 0 bridgehead atoms. The third kappa shape index (κ3) is 2.64. The molecule has 0 atom stereocenters. The highest BCUT2D eigenvalue weighted by Crippen LogP contribution is 2.24. The maximum atomic E-state index is 14.1. The molecule has 3 nitrogen and oxygen atoms in total. The fourth-order valence-corrected chi connectivity index (χ4v) is 2.30. The number of halogens is 2. The van der Waals surface area contributed by atoms with Crippen molar-refractivity contribution in [3.8, 4) is 11.1 Å². The van der Waals surface area contributed by atoms with Gasteiger partial charge in [-0.15, -0.1) is 0 Å². The molecule has 2 aromatic carbocycles. The Labute approximate surface area is 120 Å². The number of likely N-dealkylation sites (tertiary alicyclic amines) is 1. The van der Waals surface area contributed by atoms with Gasteiger partial charge in [-0.3, -0.25) is 4.79 Å². The van der Waals surface area contributed by atoms with Gasteiger partial charge < -0.3 is 10.0 Å². The van der Waals surface area contributed by atoms with Gasteiger partial charge in [0.15, 0.2) is 0 Å². The molecule has 3 rings (SSSR count). The maximum Gasteiger partial charge on any atom is 0.257 e. The van der Waals surface area contributed by atoms with Crippen LogP contribution in [-0.2, 0) is 0 Å². The Bertz CT molecular complexity index is 679. The molecule has 0 saturated carbocycles. The van der Waals surface area contributed by atoms with E-state index in [1.165, 1.54) is 29.2 Å². The smallest absolute Gasteiger partial charge is 0.257 e. The first-order valence-corrected chi connectivity index (χ1v) is 6.57. The predicted molar refractivity (Wildman–Crippen MR) is 73.7 cm³/mol. The van der Waals surface area contributed by atoms with Crippen molar-refractivity contribution in [2.75, 3.05) is 13.1 Å². The van der Waals surface area contributed by atoms with Crippen LogP contribution >= 0.6 is 0 Å². The lowest BCUT2D eigenvalue weighted by Gasteiger charge is -2.35. The largest absolute Gasteiger partial charge is 0.389 e. The first-order chi connectivity index (χ1) is 10.0. The van der Waals surface area contributed by atoms with Crippen LogP contribution in [0.1, 0.15) is 10.4 Å². The Hall–Kier alpha value is -2.27. The molecule has 1 amide bonds. The van der Waals surface area contributed by atoms with Gasteiger partial charge in [-0.2, -0.15) is 0 Å². The summed E-state index contributed by atoms with van der Waals surface area (Å²) < 4.78 is 27.0. The molecule has 0 aliphatic carbocycles. The highest BCUT2D eigenvalue weighted by atomic mass is 19.1. The van der Waals surface area contributed by atoms with Crippen molar-refractivity contribution in [2.45, 2.75) is 6.10 Å². The summed E-state index contributed by atoms with van der Waals surface area (Å²) in [6, 6.07) is 10.0. The fourth-order valence-electron chi connectivity index (χ4n) is 2.30. The Balaban J connectivity index is 1.86. The molecular formula is C16H13F2NO2. The van der Waals surface area contributed by atoms with E-state index in [0.29, 0.717) is 11.1 Å². The van der Waals surface area contributed by atoms with Gasteiger partial charge in [0.2, 0.25) is 0 Å². The average Bonchev–Trinajstić information content (AvgIpc) is 2.44. The number of aliphatic hydroxyl groups excluding tert-OH is 1. The molecule has 21 heavy (non-hydrogen) atoms. The van der Waals surface area contributed by atoms with Crippen molar-refractivity contribution in [3.05, 3.63) is 59.7 Å². The highest BCUT2D eigenvalue weighted by molar-refractivity contribution is 5.95. The molecular weight excluding hydrogens is 276 g/mol. The maximum absolute atomic E-state index is 14.1. The van der Waals surface area contributed by atoms with Crippen LogP contribution in [0.3, 0.4) is 0 Å². The van der Waals surface area contributed by atoms with E-state index in [9.17, 15) is 18.7 Å². The van der Waals surface area contributed by atoms with Crippen LogP contribution in [0.25, 0.3) is 11.1 Å². The molecule has 2 aromatic rings. The van der Waals surface area contributed by atoms with E-state index >= 15 is 0 Å². The molecule has 0 unspecified atom stereocenters. The number of hydrogen-bond acceptors (Lipinski definition) is 2. The monoisotopic (exact) mass is 289 g/mol. The Kier molecular flexibility index (Phi) is 3.43. The van der Waals surface area contributed by atoms with Crippen molar-refractivity contribution < 1.29 is 18.7 Å². The van der Waals surface area contributed by atoms with E-state index in [1.54, 1.807) is 18.2 Å². The Morgan fingerprint density at radius 3 is 2.24 bits per heavy atom. The van der Waals surface area contributed by atoms with Crippen LogP contribution in [0.5, 0.6) is 0 Å². The third-order valence-electron chi connectivity index (χ3n) is 3.53. The van der Waals surface area contributed by atoms with Crippen LogP contribution in [-0.4, -0.2) is 35.1 Å². The summed E-state index contributed by atoms with van der Waals surface area (Å²) in [6.45, 7) is 0.468. The van der Waals surface area contributed by atoms with Crippen LogP contribution in [0.15, 0.2) is 42.5 Å². The van der Waals surface area contributed by atoms with E-state index in [1.807, 2.05) is 0 Å². The number of amides is 1. The molecule has 0 radical (unpaired) electrons. The van der Waals surface area contributed by atoms with E-state index < -0.39 is 17.8 Å². The predicted octanol–water partition coefficient (Wildman–Crippen LogP) is 2.45. The molecule has 1 fully saturated rings. The van der Waals surface area contributed by atoms with Crippen LogP contribution < -0.4 is 0 Å². The summed E-state index contributed by atoms with van der Waals surface area (Å²) in [4.78, 5) is 13.4. The minimum absolute atomic E-state index is 0.0206. The normalized spacial score (nSPS) is 14.9. The second-order valence-electron chi connectivity index (χ2n) is 5.07. The molecule has 108 valence electrons. The molecule has 1 saturated heterocycles. The third-order valence-corrected chi connectivity index (χ3v) is 3.53. The van der Waals surface area contributed by atoms with Crippen molar-refractivity contribution in [1.29, 1.82) is 0 Å². The summed E-state index contributed by atoms with van der Waals surface area (Å²) in [5.41, 5.74) is 1.23. The molecule has 1 heterocycles. The summed E-state index contributed by atoms with van der Waals surface area (Å²) in [6.07, 6.45) is -0.518. The number of rotatable bonds is 2. The molecule has 1 aliphatic heterocycles. The Morgan fingerprint density at radius 2 is 1.67 bits per heavy atom. The summed E-state index contributed by atoms with van der Waals surface area (Å²) in [7, 11) is 0. The number of benzene rings is 2. The quantitative estimate of drug-likeness (QED) is 0.922. The number of hydrogen-bond donors (Lipinski definition) is 1. The van der Waals surface area contributed by atoms with E-state index in [2.05, 4.69) is 0 Å². The molecule has 1 N–H and O–H groups in total. The average molecular weight is 289 g/mol. The van der Waals surface area contributed by atoms with Crippen molar-refractivity contribution in [1.82, 2.24) is 4.90 Å². The zero-order chi connectivity index (χ0) is 15.0. The first-order valence-electron chi connectivity index (χ1n) is 6.57. The van der Waals surface area contributed by atoms with Gasteiger partial charge in [-0.25, -0.2) is 8.78 Å². The minimum atomic E-state index is -0.622. The van der Waals surface area contributed by atoms with Crippen LogP contribution in [0, 0.1) is 11.6 Å². The SMILES string of the molecule is O=C(c1ccc(-c2ccc(F)cc2)cc1F)N1CC(O)C1. The molecule has 1 aliphatic rings. The van der Waals surface area contributed by atoms with E-state index in [4.69, 9.17) is 0 Å². The second-order valence-corrected chi connectivity index (χ2v) is 5.07. The minimum Gasteiger partial charge on any atom is -0.389 e. The van der Waals surface area contributed by atoms with Gasteiger partial charge in [0.25, 0.3) is 5.91 Å². The topological polar surface area (TPSA) is 40.5 Å². The number of aliphatic hydroxyl groups is 1. The zero-order valence-electron chi connectivity index (χ0n) is 11.1. The van der Waals surface area contributed by atoms with Crippen molar-refractivity contribution in [2.24, 2.45) is 0 Å². The highest BCUT2D eigenvalue weighted by Gasteiger charge is 2.30. The summed E-state index contributed by atoms with van der Waals surface area (Å²) in [5.74, 6) is -1.41. The number of β-amino-alcohol motifs (C(OH)–C–C–N with tert-alkyl or cyclic N) is 1. The molecule has 5 heteroatoms. The second kappa shape index (κ2) is 5.26. The molecule has 0 spiro atoms. The van der Waals surface area contributed by atoms with Crippen molar-refractivity contribution >= 4 is 5.91 Å². The number of carbonyl (C=O) groups excluding carboxylic acids is 1. The lowest BCUT2D eigenvalue weighted by molar-refractivity contribution is 0.00559. The fraction of sp³-hybridized carbons (Fsp3) is 0.188. The van der Waals surface area contributed by atoms with E-state index in [0.717, 1.165) is 0 Å². The van der Waals surface area contributed by atoms with Gasteiger partial charge in [-0.1, -0.05) is 18.2 Å². The number of carbonyl (C=O) groups is 1.